The molecule has 26 heavy (non-hydrogen) atoms. The van der Waals surface area contributed by atoms with Crippen molar-refractivity contribution in [2.75, 3.05) is 19.0 Å². The van der Waals surface area contributed by atoms with Crippen LogP contribution in [-0.2, 0) is 4.79 Å². The average Bonchev–Trinajstić information content (AvgIpc) is 2.62. The van der Waals surface area contributed by atoms with Crippen molar-refractivity contribution in [2.45, 2.75) is 13.5 Å². The summed E-state index contributed by atoms with van der Waals surface area (Å²) in [7, 11) is 1.52. The Morgan fingerprint density at radius 1 is 1.15 bits per heavy atom. The number of alkyl halides is 2. The lowest BCUT2D eigenvalue weighted by Gasteiger charge is -2.12. The third-order valence-corrected chi connectivity index (χ3v) is 3.27. The van der Waals surface area contributed by atoms with Crippen molar-refractivity contribution >= 4 is 17.7 Å². The number of carbonyl (C=O) groups excluding carboxylic acids is 1. The standard InChI is InChI=1S/C19H19F2NO4/c1-3-4-13-5-10-16(17(11-13)24-2)25-12-18(23)22-14-6-8-15(9-7-14)26-19(20)21/h3-11,19H,12H2,1-2H3,(H,22,23)/b4-3+. The lowest BCUT2D eigenvalue weighted by molar-refractivity contribution is -0.118. The van der Waals surface area contributed by atoms with Gasteiger partial charge in [0.25, 0.3) is 5.91 Å². The van der Waals surface area contributed by atoms with Crippen LogP contribution in [-0.4, -0.2) is 26.2 Å². The van der Waals surface area contributed by atoms with Gasteiger partial charge in [-0.3, -0.25) is 4.79 Å². The fourth-order valence-electron chi connectivity index (χ4n) is 2.16. The summed E-state index contributed by atoms with van der Waals surface area (Å²) in [4.78, 5) is 12.0. The van der Waals surface area contributed by atoms with E-state index in [9.17, 15) is 13.6 Å². The fraction of sp³-hybridized carbons (Fsp3) is 0.211. The summed E-state index contributed by atoms with van der Waals surface area (Å²) in [5, 5.41) is 2.60. The van der Waals surface area contributed by atoms with Gasteiger partial charge in [0.05, 0.1) is 7.11 Å². The molecule has 5 nitrogen and oxygen atoms in total. The molecule has 0 aliphatic rings. The van der Waals surface area contributed by atoms with Crippen molar-refractivity contribution in [3.05, 3.63) is 54.1 Å². The predicted octanol–water partition coefficient (Wildman–Crippen LogP) is 4.35. The van der Waals surface area contributed by atoms with E-state index in [1.54, 1.807) is 12.1 Å². The molecule has 7 heteroatoms. The lowest BCUT2D eigenvalue weighted by Crippen LogP contribution is -2.20. The Morgan fingerprint density at radius 3 is 2.50 bits per heavy atom. The van der Waals surface area contributed by atoms with E-state index >= 15 is 0 Å². The number of hydrogen-bond acceptors (Lipinski definition) is 4. The van der Waals surface area contributed by atoms with Crippen LogP contribution in [0, 0.1) is 0 Å². The first-order valence-corrected chi connectivity index (χ1v) is 7.80. The maximum atomic E-state index is 12.1. The minimum atomic E-state index is -2.89. The van der Waals surface area contributed by atoms with Gasteiger partial charge < -0.3 is 19.5 Å². The van der Waals surface area contributed by atoms with Gasteiger partial charge in [-0.2, -0.15) is 8.78 Å². The van der Waals surface area contributed by atoms with Gasteiger partial charge in [0.1, 0.15) is 5.75 Å². The number of halogens is 2. The second-order valence-corrected chi connectivity index (χ2v) is 5.15. The predicted molar refractivity (Wildman–Crippen MR) is 94.9 cm³/mol. The topological polar surface area (TPSA) is 56.8 Å². The highest BCUT2D eigenvalue weighted by Crippen LogP contribution is 2.28. The molecule has 2 aromatic rings. The first-order chi connectivity index (χ1) is 12.5. The normalized spacial score (nSPS) is 10.8. The van der Waals surface area contributed by atoms with Crippen LogP contribution < -0.4 is 19.5 Å². The average molecular weight is 363 g/mol. The van der Waals surface area contributed by atoms with E-state index in [0.717, 1.165) is 5.56 Å². The minimum Gasteiger partial charge on any atom is -0.493 e. The summed E-state index contributed by atoms with van der Waals surface area (Å²) < 4.78 is 39.2. The summed E-state index contributed by atoms with van der Waals surface area (Å²) >= 11 is 0. The maximum Gasteiger partial charge on any atom is 0.387 e. The van der Waals surface area contributed by atoms with Crippen LogP contribution in [0.15, 0.2) is 48.5 Å². The Morgan fingerprint density at radius 2 is 1.88 bits per heavy atom. The van der Waals surface area contributed by atoms with Crippen molar-refractivity contribution in [1.29, 1.82) is 0 Å². The number of amides is 1. The number of carbonyl (C=O) groups is 1. The number of hydrogen-bond donors (Lipinski definition) is 1. The highest BCUT2D eigenvalue weighted by Gasteiger charge is 2.09. The van der Waals surface area contributed by atoms with Crippen molar-refractivity contribution in [3.8, 4) is 17.2 Å². The minimum absolute atomic E-state index is 0.0141. The largest absolute Gasteiger partial charge is 0.493 e. The molecule has 0 saturated heterocycles. The van der Waals surface area contributed by atoms with Gasteiger partial charge in [-0.25, -0.2) is 0 Å². The third-order valence-electron chi connectivity index (χ3n) is 3.27. The van der Waals surface area contributed by atoms with Gasteiger partial charge in [-0.15, -0.1) is 0 Å². The maximum absolute atomic E-state index is 12.1. The van der Waals surface area contributed by atoms with Crippen molar-refractivity contribution in [1.82, 2.24) is 0 Å². The van der Waals surface area contributed by atoms with Crippen LogP contribution in [0.25, 0.3) is 6.08 Å². The van der Waals surface area contributed by atoms with Crippen molar-refractivity contribution < 1.29 is 27.8 Å². The number of rotatable bonds is 8. The van der Waals surface area contributed by atoms with Crippen LogP contribution in [0.1, 0.15) is 12.5 Å². The van der Waals surface area contributed by atoms with Crippen LogP contribution in [0.5, 0.6) is 17.2 Å². The van der Waals surface area contributed by atoms with E-state index in [1.807, 2.05) is 25.1 Å². The molecule has 0 fully saturated rings. The molecule has 1 amide bonds. The molecule has 0 spiro atoms. The molecule has 0 aromatic heterocycles. The first-order valence-electron chi connectivity index (χ1n) is 7.80. The van der Waals surface area contributed by atoms with E-state index in [-0.39, 0.29) is 12.4 Å². The number of allylic oxidation sites excluding steroid dienone is 1. The van der Waals surface area contributed by atoms with E-state index in [1.165, 1.54) is 31.4 Å². The smallest absolute Gasteiger partial charge is 0.387 e. The zero-order valence-electron chi connectivity index (χ0n) is 14.4. The molecule has 2 rings (SSSR count). The van der Waals surface area contributed by atoms with Gasteiger partial charge in [-0.1, -0.05) is 18.2 Å². The summed E-state index contributed by atoms with van der Waals surface area (Å²) in [6, 6.07) is 11.0. The zero-order valence-corrected chi connectivity index (χ0v) is 14.4. The van der Waals surface area contributed by atoms with Gasteiger partial charge in [0, 0.05) is 5.69 Å². The highest BCUT2D eigenvalue weighted by atomic mass is 19.3. The molecular weight excluding hydrogens is 344 g/mol. The second-order valence-electron chi connectivity index (χ2n) is 5.15. The van der Waals surface area contributed by atoms with E-state index in [2.05, 4.69) is 10.1 Å². The zero-order chi connectivity index (χ0) is 18.9. The molecule has 0 heterocycles. The molecule has 0 aliphatic heterocycles. The second kappa shape index (κ2) is 9.41. The highest BCUT2D eigenvalue weighted by molar-refractivity contribution is 5.91. The van der Waals surface area contributed by atoms with Gasteiger partial charge in [-0.05, 0) is 48.9 Å². The summed E-state index contributed by atoms with van der Waals surface area (Å²) in [6.07, 6.45) is 3.82. The lowest BCUT2D eigenvalue weighted by atomic mass is 10.2. The van der Waals surface area contributed by atoms with Crippen LogP contribution >= 0.6 is 0 Å². The molecule has 0 atom stereocenters. The third kappa shape index (κ3) is 5.77. The van der Waals surface area contributed by atoms with Crippen molar-refractivity contribution in [2.24, 2.45) is 0 Å². The van der Waals surface area contributed by atoms with Gasteiger partial charge >= 0.3 is 6.61 Å². The SMILES string of the molecule is C/C=C/c1ccc(OCC(=O)Nc2ccc(OC(F)F)cc2)c(OC)c1. The van der Waals surface area contributed by atoms with Crippen molar-refractivity contribution in [3.63, 3.8) is 0 Å². The fourth-order valence-corrected chi connectivity index (χ4v) is 2.16. The Labute approximate surface area is 150 Å². The van der Waals surface area contributed by atoms with Gasteiger partial charge in [0.2, 0.25) is 0 Å². The molecule has 0 unspecified atom stereocenters. The first kappa shape index (κ1) is 19.2. The molecule has 138 valence electrons. The number of anilines is 1. The molecule has 1 N–H and O–H groups in total. The van der Waals surface area contributed by atoms with E-state index in [4.69, 9.17) is 9.47 Å². The molecule has 0 radical (unpaired) electrons. The Hall–Kier alpha value is -3.09. The molecule has 0 saturated carbocycles. The monoisotopic (exact) mass is 363 g/mol. The summed E-state index contributed by atoms with van der Waals surface area (Å²) in [5.41, 5.74) is 1.39. The van der Waals surface area contributed by atoms with E-state index < -0.39 is 12.5 Å². The van der Waals surface area contributed by atoms with Crippen LogP contribution in [0.2, 0.25) is 0 Å². The number of nitrogens with one attached hydrogen (secondary N) is 1. The number of ether oxygens (including phenoxy) is 3. The summed E-state index contributed by atoms with van der Waals surface area (Å²) in [5.74, 6) is 0.575. The quantitative estimate of drug-likeness (QED) is 0.758. The Kier molecular flexibility index (Phi) is 6.96. The molecule has 0 bridgehead atoms. The number of benzene rings is 2. The Balaban J connectivity index is 1.92. The molecule has 0 aliphatic carbocycles. The number of methoxy groups -OCH3 is 1. The summed E-state index contributed by atoms with van der Waals surface area (Å²) in [6.45, 7) is -1.21. The van der Waals surface area contributed by atoms with Crippen LogP contribution in [0.3, 0.4) is 0 Å². The van der Waals surface area contributed by atoms with Crippen LogP contribution in [0.4, 0.5) is 14.5 Å². The van der Waals surface area contributed by atoms with Gasteiger partial charge in [0.15, 0.2) is 18.1 Å². The molecule has 2 aromatic carbocycles. The Bertz CT molecular complexity index is 761. The molecular formula is C19H19F2NO4. The van der Waals surface area contributed by atoms with E-state index in [0.29, 0.717) is 17.2 Å².